The van der Waals surface area contributed by atoms with Crippen LogP contribution in [0.3, 0.4) is 0 Å². The molecule has 0 aliphatic rings. The number of benzene rings is 1. The minimum atomic E-state index is -0.341. The van der Waals surface area contributed by atoms with Gasteiger partial charge in [0.05, 0.1) is 18.2 Å². The van der Waals surface area contributed by atoms with Gasteiger partial charge < -0.3 is 20.1 Å². The van der Waals surface area contributed by atoms with Gasteiger partial charge in [-0.2, -0.15) is 0 Å². The van der Waals surface area contributed by atoms with E-state index in [-0.39, 0.29) is 11.8 Å². The molecule has 2 amide bonds. The molecule has 0 saturated carbocycles. The predicted octanol–water partition coefficient (Wildman–Crippen LogP) is 2.11. The van der Waals surface area contributed by atoms with Gasteiger partial charge in [-0.15, -0.1) is 0 Å². The molecule has 1 aromatic heterocycles. The second kappa shape index (κ2) is 9.39. The molecule has 0 fully saturated rings. The fraction of sp³-hybridized carbons (Fsp3) is 0.278. The van der Waals surface area contributed by atoms with E-state index >= 15 is 0 Å². The van der Waals surface area contributed by atoms with E-state index in [1.54, 1.807) is 38.5 Å². The third kappa shape index (κ3) is 5.58. The molecular formula is C18H21N3O4. The number of nitrogens with zero attached hydrogens (tertiary/aromatic N) is 1. The predicted molar refractivity (Wildman–Crippen MR) is 94.0 cm³/mol. The van der Waals surface area contributed by atoms with E-state index in [9.17, 15) is 9.59 Å². The number of pyridine rings is 1. The summed E-state index contributed by atoms with van der Waals surface area (Å²) in [5.74, 6) is 0.0845. The number of nitrogens with one attached hydrogen (secondary N) is 2. The Balaban J connectivity index is 1.99. The highest BCUT2D eigenvalue weighted by Crippen LogP contribution is 2.16. The highest BCUT2D eigenvalue weighted by molar-refractivity contribution is 6.05. The Morgan fingerprint density at radius 1 is 1.04 bits per heavy atom. The van der Waals surface area contributed by atoms with Crippen LogP contribution in [0.15, 0.2) is 42.7 Å². The van der Waals surface area contributed by atoms with Gasteiger partial charge in [0, 0.05) is 38.3 Å². The van der Waals surface area contributed by atoms with Crippen molar-refractivity contribution in [2.24, 2.45) is 0 Å². The smallest absolute Gasteiger partial charge is 0.257 e. The second-order valence-electron chi connectivity index (χ2n) is 5.25. The first-order valence-corrected chi connectivity index (χ1v) is 7.81. The van der Waals surface area contributed by atoms with Gasteiger partial charge in [0.2, 0.25) is 0 Å². The molecule has 1 heterocycles. The van der Waals surface area contributed by atoms with Gasteiger partial charge in [-0.3, -0.25) is 14.6 Å². The average molecular weight is 343 g/mol. The van der Waals surface area contributed by atoms with Crippen LogP contribution in [0.4, 0.5) is 5.69 Å². The number of hydrogen-bond acceptors (Lipinski definition) is 5. The Morgan fingerprint density at radius 2 is 1.72 bits per heavy atom. The second-order valence-corrected chi connectivity index (χ2v) is 5.25. The fourth-order valence-corrected chi connectivity index (χ4v) is 2.09. The van der Waals surface area contributed by atoms with Crippen LogP contribution < -0.4 is 15.4 Å². The number of ether oxygens (including phenoxy) is 2. The number of hydrogen-bond donors (Lipinski definition) is 2. The first-order chi connectivity index (χ1) is 12.1. The van der Waals surface area contributed by atoms with Gasteiger partial charge in [-0.05, 0) is 36.8 Å². The lowest BCUT2D eigenvalue weighted by Crippen LogP contribution is -2.25. The summed E-state index contributed by atoms with van der Waals surface area (Å²) in [4.78, 5) is 28.4. The van der Waals surface area contributed by atoms with Gasteiger partial charge in [-0.1, -0.05) is 0 Å². The molecule has 0 spiro atoms. The van der Waals surface area contributed by atoms with Crippen LogP contribution in [-0.4, -0.2) is 44.2 Å². The number of methoxy groups -OCH3 is 2. The van der Waals surface area contributed by atoms with E-state index < -0.39 is 0 Å². The molecular weight excluding hydrogens is 322 g/mol. The zero-order chi connectivity index (χ0) is 18.1. The maximum absolute atomic E-state index is 12.3. The van der Waals surface area contributed by atoms with E-state index in [1.807, 2.05) is 0 Å². The van der Waals surface area contributed by atoms with Crippen LogP contribution in [0, 0.1) is 0 Å². The zero-order valence-corrected chi connectivity index (χ0v) is 14.2. The SMILES string of the molecule is COCCCNC(=O)c1cncc(C(=O)Nc2ccc(OC)cc2)c1. The topological polar surface area (TPSA) is 89.5 Å². The van der Waals surface area contributed by atoms with E-state index in [4.69, 9.17) is 9.47 Å². The molecule has 7 heteroatoms. The van der Waals surface area contributed by atoms with Crippen molar-refractivity contribution in [1.29, 1.82) is 0 Å². The van der Waals surface area contributed by atoms with Crippen molar-refractivity contribution in [2.75, 3.05) is 32.7 Å². The largest absolute Gasteiger partial charge is 0.497 e. The summed E-state index contributed by atoms with van der Waals surface area (Å²) in [6.45, 7) is 1.07. The quantitative estimate of drug-likeness (QED) is 0.717. The first-order valence-electron chi connectivity index (χ1n) is 7.81. The van der Waals surface area contributed by atoms with E-state index in [2.05, 4.69) is 15.6 Å². The number of anilines is 1. The molecule has 0 aliphatic heterocycles. The number of carbonyl (C=O) groups is 2. The van der Waals surface area contributed by atoms with Crippen LogP contribution in [0.1, 0.15) is 27.1 Å². The van der Waals surface area contributed by atoms with Gasteiger partial charge in [0.15, 0.2) is 0 Å². The molecule has 7 nitrogen and oxygen atoms in total. The lowest BCUT2D eigenvalue weighted by molar-refractivity contribution is 0.0948. The lowest BCUT2D eigenvalue weighted by Gasteiger charge is -2.08. The number of amides is 2. The van der Waals surface area contributed by atoms with Crippen molar-refractivity contribution < 1.29 is 19.1 Å². The fourth-order valence-electron chi connectivity index (χ4n) is 2.09. The third-order valence-corrected chi connectivity index (χ3v) is 3.42. The summed E-state index contributed by atoms with van der Waals surface area (Å²) in [6, 6.07) is 8.47. The van der Waals surface area contributed by atoms with E-state index in [0.29, 0.717) is 42.1 Å². The van der Waals surface area contributed by atoms with Crippen molar-refractivity contribution >= 4 is 17.5 Å². The molecule has 0 atom stereocenters. The molecule has 0 radical (unpaired) electrons. The van der Waals surface area contributed by atoms with Crippen LogP contribution in [0.5, 0.6) is 5.75 Å². The van der Waals surface area contributed by atoms with Gasteiger partial charge in [-0.25, -0.2) is 0 Å². The maximum Gasteiger partial charge on any atom is 0.257 e. The Bertz CT molecular complexity index is 717. The molecule has 132 valence electrons. The Kier molecular flexibility index (Phi) is 6.91. The minimum Gasteiger partial charge on any atom is -0.497 e. The highest BCUT2D eigenvalue weighted by Gasteiger charge is 2.11. The van der Waals surface area contributed by atoms with Gasteiger partial charge in [0.25, 0.3) is 11.8 Å². The van der Waals surface area contributed by atoms with Crippen molar-refractivity contribution in [3.63, 3.8) is 0 Å². The average Bonchev–Trinajstić information content (AvgIpc) is 2.65. The lowest BCUT2D eigenvalue weighted by atomic mass is 10.1. The molecule has 0 bridgehead atoms. The van der Waals surface area contributed by atoms with Crippen LogP contribution in [0.25, 0.3) is 0 Å². The molecule has 0 unspecified atom stereocenters. The van der Waals surface area contributed by atoms with E-state index in [1.165, 1.54) is 18.5 Å². The zero-order valence-electron chi connectivity index (χ0n) is 14.2. The third-order valence-electron chi connectivity index (χ3n) is 3.42. The number of aromatic nitrogens is 1. The summed E-state index contributed by atoms with van der Waals surface area (Å²) in [5, 5.41) is 5.51. The van der Waals surface area contributed by atoms with Crippen molar-refractivity contribution in [2.45, 2.75) is 6.42 Å². The summed E-state index contributed by atoms with van der Waals surface area (Å²) in [6.07, 6.45) is 3.56. The van der Waals surface area contributed by atoms with Gasteiger partial charge >= 0.3 is 0 Å². The molecule has 2 aromatic rings. The molecule has 2 N–H and O–H groups in total. The monoisotopic (exact) mass is 343 g/mol. The van der Waals surface area contributed by atoms with Gasteiger partial charge in [0.1, 0.15) is 5.75 Å². The molecule has 0 saturated heterocycles. The Morgan fingerprint density at radius 3 is 2.36 bits per heavy atom. The normalized spacial score (nSPS) is 10.2. The van der Waals surface area contributed by atoms with Crippen LogP contribution >= 0.6 is 0 Å². The van der Waals surface area contributed by atoms with Crippen LogP contribution in [0.2, 0.25) is 0 Å². The summed E-state index contributed by atoms with van der Waals surface area (Å²) in [7, 11) is 3.18. The van der Waals surface area contributed by atoms with Crippen LogP contribution in [-0.2, 0) is 4.74 Å². The standard InChI is InChI=1S/C18H21N3O4/c1-24-9-3-8-20-17(22)13-10-14(12-19-11-13)18(23)21-15-4-6-16(25-2)7-5-15/h4-7,10-12H,3,8-9H2,1-2H3,(H,20,22)(H,21,23). The highest BCUT2D eigenvalue weighted by atomic mass is 16.5. The van der Waals surface area contributed by atoms with Crippen molar-refractivity contribution in [1.82, 2.24) is 10.3 Å². The molecule has 1 aromatic carbocycles. The number of carbonyl (C=O) groups excluding carboxylic acids is 2. The maximum atomic E-state index is 12.3. The Hall–Kier alpha value is -2.93. The molecule has 25 heavy (non-hydrogen) atoms. The van der Waals surface area contributed by atoms with Crippen molar-refractivity contribution in [3.8, 4) is 5.75 Å². The molecule has 2 rings (SSSR count). The van der Waals surface area contributed by atoms with E-state index in [0.717, 1.165) is 0 Å². The Labute approximate surface area is 146 Å². The summed E-state index contributed by atoms with van der Waals surface area (Å²) < 4.78 is 10.00. The summed E-state index contributed by atoms with van der Waals surface area (Å²) in [5.41, 5.74) is 1.26. The summed E-state index contributed by atoms with van der Waals surface area (Å²) >= 11 is 0. The number of rotatable bonds is 8. The first kappa shape index (κ1) is 18.4. The van der Waals surface area contributed by atoms with Crippen molar-refractivity contribution in [3.05, 3.63) is 53.9 Å². The molecule has 0 aliphatic carbocycles. The minimum absolute atomic E-state index is 0.275.